The molecule has 146 valence electrons. The molecule has 0 unspecified atom stereocenters. The Morgan fingerprint density at radius 1 is 0.583 bits per heavy atom. The fourth-order valence-electron chi connectivity index (χ4n) is 0.154. The fourth-order valence-corrected chi connectivity index (χ4v) is 1.38. The average molecular weight is 462 g/mol. The second-order valence-electron chi connectivity index (χ2n) is 2.58. The average Bonchev–Trinajstić information content (AvgIpc) is 1.88. The molecule has 0 saturated heterocycles. The fraction of sp³-hybridized carbons (Fsp3) is 1.00. The first-order chi connectivity index (χ1) is 8.63. The van der Waals surface area contributed by atoms with Gasteiger partial charge in [0.2, 0.25) is 0 Å². The molecule has 24 heavy (non-hydrogen) atoms. The van der Waals surface area contributed by atoms with Crippen LogP contribution in [0.15, 0.2) is 0 Å². The van der Waals surface area contributed by atoms with Gasteiger partial charge in [-0.25, -0.2) is 4.39 Å². The minimum atomic E-state index is -8.55. The molecule has 0 aromatic rings. The second kappa shape index (κ2) is 9.87. The molecule has 0 saturated carbocycles. The van der Waals surface area contributed by atoms with E-state index in [2.05, 4.69) is 0 Å². The molecule has 0 aliphatic carbocycles. The van der Waals surface area contributed by atoms with Crippen LogP contribution in [0.1, 0.15) is 0 Å². The zero-order valence-electron chi connectivity index (χ0n) is 8.97. The van der Waals surface area contributed by atoms with Gasteiger partial charge in [0.1, 0.15) is 0 Å². The summed E-state index contributed by atoms with van der Waals surface area (Å²) in [6.45, 7) is 0. The molecule has 0 heterocycles. The van der Waals surface area contributed by atoms with Gasteiger partial charge in [0.25, 0.3) is 0 Å². The van der Waals surface area contributed by atoms with Crippen molar-refractivity contribution in [2.45, 2.75) is 4.84 Å². The molecule has 2 N–H and O–H groups in total. The second-order valence-corrected chi connectivity index (χ2v) is 8.32. The molecule has 0 fully saturated rings. The summed E-state index contributed by atoms with van der Waals surface area (Å²) < 4.78 is 164. The van der Waals surface area contributed by atoms with E-state index >= 15 is 0 Å². The molecule has 0 aromatic heterocycles. The molecule has 23 heteroatoms. The van der Waals surface area contributed by atoms with Gasteiger partial charge in [-0.3, -0.25) is 9.11 Å². The maximum atomic E-state index is 11.7. The van der Waals surface area contributed by atoms with Crippen LogP contribution < -0.4 is 0 Å². The molecule has 6 nitrogen and oxygen atoms in total. The Balaban J connectivity index is -0.0000000759. The van der Waals surface area contributed by atoms with Gasteiger partial charge in [-0.1, -0.05) is 0 Å². The normalized spacial score (nSPS) is 15.4. The van der Waals surface area contributed by atoms with Crippen molar-refractivity contribution in [3.8, 4) is 0 Å². The monoisotopic (exact) mass is 462 g/mol. The topological polar surface area (TPSA) is 109 Å². The Hall–Kier alpha value is 1.10. The van der Waals surface area contributed by atoms with Gasteiger partial charge in [-0.2, -0.15) is 16.8 Å². The van der Waals surface area contributed by atoms with Crippen LogP contribution in [-0.2, 0) is 20.2 Å². The van der Waals surface area contributed by atoms with Crippen molar-refractivity contribution in [3.63, 3.8) is 0 Å². The van der Waals surface area contributed by atoms with Gasteiger partial charge in [-0.15, -0.1) is 0 Å². The predicted octanol–water partition coefficient (Wildman–Crippen LogP) is 3.64. The van der Waals surface area contributed by atoms with Crippen molar-refractivity contribution < 1.29 is 72.3 Å². The first-order valence-corrected chi connectivity index (χ1v) is 9.80. The number of hydrogen-bond acceptors (Lipinski definition) is 4. The van der Waals surface area contributed by atoms with Gasteiger partial charge < -0.3 is 0 Å². The number of halogens is 11. The quantitative estimate of drug-likeness (QED) is 0.281. The molecular weight excluding hydrogens is 457 g/mol. The summed E-state index contributed by atoms with van der Waals surface area (Å²) in [7, 11) is -27.8. The van der Waals surface area contributed by atoms with E-state index in [9.17, 15) is 63.2 Å². The van der Waals surface area contributed by atoms with Crippen LogP contribution in [0.25, 0.3) is 0 Å². The van der Waals surface area contributed by atoms with Crippen molar-refractivity contribution in [1.29, 1.82) is 0 Å². The molecule has 0 radical (unpaired) electrons. The Kier molecular flexibility index (Phi) is 14.8. The van der Waals surface area contributed by atoms with Gasteiger partial charge in [-0.05, 0) is 0 Å². The molecule has 0 aliphatic rings. The SMILES string of the molecule is FP(F)(F)(F)F.FP(F)(F)(F)F.O=S(=O)(O)C(F)S(=O)(=O)O.[LiH].[LiH]. The Labute approximate surface area is 151 Å². The van der Waals surface area contributed by atoms with E-state index < -0.39 is 41.4 Å². The third-order valence-corrected chi connectivity index (χ3v) is 2.86. The van der Waals surface area contributed by atoms with Crippen molar-refractivity contribution in [1.82, 2.24) is 0 Å². The van der Waals surface area contributed by atoms with Crippen LogP contribution in [0.2, 0.25) is 0 Å². The van der Waals surface area contributed by atoms with Crippen LogP contribution in [-0.4, -0.2) is 68.5 Å². The summed E-state index contributed by atoms with van der Waals surface area (Å²) in [6.07, 6.45) is 0. The maximum absolute atomic E-state index is 11.7. The van der Waals surface area contributed by atoms with Gasteiger partial charge in [0, 0.05) is 0 Å². The van der Waals surface area contributed by atoms with E-state index in [1.165, 1.54) is 0 Å². The molecular formula is CH5F11Li2O6P2S2. The van der Waals surface area contributed by atoms with E-state index in [-0.39, 0.29) is 37.7 Å². The van der Waals surface area contributed by atoms with Crippen molar-refractivity contribution in [3.05, 3.63) is 0 Å². The standard InChI is InChI=1S/CH3FO6S2.2F5P.2Li.2H/c2-1(9(3,4)5)10(6,7)8;2*1-6(2,3,4)5;;;;/h1H,(H,3,4,5)(H,6,7,8);;;;;;. The number of rotatable bonds is 2. The zero-order valence-corrected chi connectivity index (χ0v) is 12.4. The summed E-state index contributed by atoms with van der Waals surface area (Å²) >= 11 is 0. The molecule has 0 spiro atoms. The summed E-state index contributed by atoms with van der Waals surface area (Å²) in [5, 5.41) is 0. The van der Waals surface area contributed by atoms with Gasteiger partial charge in [0.05, 0.1) is 0 Å². The van der Waals surface area contributed by atoms with E-state index in [0.717, 1.165) is 0 Å². The van der Waals surface area contributed by atoms with Crippen LogP contribution in [0, 0.1) is 0 Å². The van der Waals surface area contributed by atoms with Crippen molar-refractivity contribution >= 4 is 74.3 Å². The van der Waals surface area contributed by atoms with E-state index in [4.69, 9.17) is 9.11 Å². The molecule has 0 amide bonds. The molecule has 0 atom stereocenters. The van der Waals surface area contributed by atoms with E-state index in [1.807, 2.05) is 0 Å². The summed E-state index contributed by atoms with van der Waals surface area (Å²) in [6, 6.07) is 0. The van der Waals surface area contributed by atoms with Crippen LogP contribution in [0.3, 0.4) is 0 Å². The predicted molar refractivity (Wildman–Crippen MR) is 67.2 cm³/mol. The zero-order chi connectivity index (χ0) is 19.5. The summed E-state index contributed by atoms with van der Waals surface area (Å²) in [4.78, 5) is -3.68. The third kappa shape index (κ3) is 65.7. The van der Waals surface area contributed by atoms with Crippen LogP contribution in [0.5, 0.6) is 0 Å². The Morgan fingerprint density at radius 3 is 0.667 bits per heavy atom. The summed E-state index contributed by atoms with van der Waals surface area (Å²) in [5.41, 5.74) is 0. The minimum absolute atomic E-state index is 0. The van der Waals surface area contributed by atoms with Crippen molar-refractivity contribution in [2.24, 2.45) is 0 Å². The third-order valence-electron chi connectivity index (χ3n) is 0.468. The van der Waals surface area contributed by atoms with Crippen LogP contribution >= 0.6 is 16.3 Å². The Morgan fingerprint density at radius 2 is 0.667 bits per heavy atom. The first-order valence-electron chi connectivity index (χ1n) is 3.41. The van der Waals surface area contributed by atoms with Gasteiger partial charge in [0.15, 0.2) is 0 Å². The van der Waals surface area contributed by atoms with Crippen LogP contribution in [0.4, 0.5) is 46.4 Å². The number of alkyl halides is 1. The Bertz CT molecular complexity index is 487. The van der Waals surface area contributed by atoms with E-state index in [1.54, 1.807) is 0 Å². The van der Waals surface area contributed by atoms with Crippen molar-refractivity contribution in [2.75, 3.05) is 0 Å². The summed E-state index contributed by atoms with van der Waals surface area (Å²) in [5.74, 6) is 0. The molecule has 0 aromatic carbocycles. The first kappa shape index (κ1) is 36.1. The molecule has 0 aliphatic heterocycles. The van der Waals surface area contributed by atoms with Gasteiger partial charge >= 0.3 is 121 Å². The van der Waals surface area contributed by atoms with E-state index in [0.29, 0.717) is 0 Å². The molecule has 0 rings (SSSR count). The molecule has 0 bridgehead atoms. The number of hydrogen-bond donors (Lipinski definition) is 2.